The zero-order valence-corrected chi connectivity index (χ0v) is 13.6. The first-order valence-corrected chi connectivity index (χ1v) is 8.02. The van der Waals surface area contributed by atoms with Gasteiger partial charge in [0.25, 0.3) is 11.9 Å². The Morgan fingerprint density at radius 2 is 2.04 bits per heavy atom. The van der Waals surface area contributed by atoms with E-state index in [0.29, 0.717) is 17.9 Å². The average molecular weight is 353 g/mol. The van der Waals surface area contributed by atoms with Crippen molar-refractivity contribution in [2.75, 3.05) is 6.54 Å². The van der Waals surface area contributed by atoms with Crippen LogP contribution in [0.1, 0.15) is 28.0 Å². The summed E-state index contributed by atoms with van der Waals surface area (Å²) in [5, 5.41) is 9.57. The Bertz CT molecular complexity index is 947. The highest BCUT2D eigenvalue weighted by molar-refractivity contribution is 5.95. The van der Waals surface area contributed by atoms with Crippen molar-refractivity contribution in [3.8, 4) is 11.7 Å². The number of aromatic amines is 1. The van der Waals surface area contributed by atoms with Crippen LogP contribution in [0, 0.1) is 0 Å². The third-order valence-corrected chi connectivity index (χ3v) is 4.17. The van der Waals surface area contributed by atoms with Crippen molar-refractivity contribution in [3.63, 3.8) is 0 Å². The standard InChI is InChI=1S/C18H15N3O5/c22-17(13-6-7-14(26-13)25-11-4-2-1-3-5-11)21-9-8-12-15(20-10-19-12)16(21)18(23)24/h1-7,10,16H,8-9H2,(H,19,20)(H,23,24)/t16-/m0/s1. The molecule has 8 heteroatoms. The number of rotatable bonds is 4. The predicted octanol–water partition coefficient (Wildman–Crippen LogP) is 2.62. The molecule has 0 saturated carbocycles. The number of hydrogen-bond acceptors (Lipinski definition) is 5. The van der Waals surface area contributed by atoms with Crippen LogP contribution in [0.5, 0.6) is 11.7 Å². The average Bonchev–Trinajstić information content (AvgIpc) is 3.30. The number of para-hydroxylation sites is 1. The summed E-state index contributed by atoms with van der Waals surface area (Å²) in [7, 11) is 0. The van der Waals surface area contributed by atoms with Gasteiger partial charge in [0.1, 0.15) is 5.75 Å². The molecule has 0 saturated heterocycles. The maximum absolute atomic E-state index is 12.8. The minimum Gasteiger partial charge on any atom is -0.479 e. The first-order valence-electron chi connectivity index (χ1n) is 8.02. The molecule has 0 unspecified atom stereocenters. The summed E-state index contributed by atoms with van der Waals surface area (Å²) in [5.74, 6) is -0.916. The maximum Gasteiger partial charge on any atom is 0.332 e. The van der Waals surface area contributed by atoms with E-state index in [1.807, 2.05) is 18.2 Å². The number of ether oxygens (including phenoxy) is 1. The van der Waals surface area contributed by atoms with Gasteiger partial charge in [0.2, 0.25) is 0 Å². The number of furan rings is 1. The third kappa shape index (κ3) is 2.81. The minimum absolute atomic E-state index is 0.0150. The number of benzene rings is 1. The van der Waals surface area contributed by atoms with Crippen LogP contribution in [0.3, 0.4) is 0 Å². The van der Waals surface area contributed by atoms with Gasteiger partial charge in [-0.3, -0.25) is 4.79 Å². The van der Waals surface area contributed by atoms with Crippen molar-refractivity contribution in [3.05, 3.63) is 65.9 Å². The highest BCUT2D eigenvalue weighted by atomic mass is 16.6. The van der Waals surface area contributed by atoms with Crippen molar-refractivity contribution in [1.82, 2.24) is 14.9 Å². The van der Waals surface area contributed by atoms with Gasteiger partial charge in [-0.05, 0) is 18.2 Å². The van der Waals surface area contributed by atoms with Gasteiger partial charge in [-0.1, -0.05) is 18.2 Å². The van der Waals surface area contributed by atoms with E-state index in [9.17, 15) is 14.7 Å². The molecule has 2 N–H and O–H groups in total. The number of amides is 1. The van der Waals surface area contributed by atoms with Crippen molar-refractivity contribution in [2.45, 2.75) is 12.5 Å². The lowest BCUT2D eigenvalue weighted by molar-refractivity contribution is -0.143. The Kier molecular flexibility index (Phi) is 3.92. The van der Waals surface area contributed by atoms with Crippen LogP contribution >= 0.6 is 0 Å². The van der Waals surface area contributed by atoms with E-state index in [1.54, 1.807) is 12.1 Å². The molecule has 1 aliphatic heterocycles. The number of hydrogen-bond donors (Lipinski definition) is 2. The molecule has 0 spiro atoms. The van der Waals surface area contributed by atoms with E-state index in [-0.39, 0.29) is 18.3 Å². The molecule has 1 aromatic carbocycles. The second-order valence-corrected chi connectivity index (χ2v) is 5.79. The number of aliphatic carboxylic acids is 1. The summed E-state index contributed by atoms with van der Waals surface area (Å²) in [4.78, 5) is 32.7. The van der Waals surface area contributed by atoms with Crippen LogP contribution in [-0.4, -0.2) is 38.4 Å². The Morgan fingerprint density at radius 3 is 2.81 bits per heavy atom. The van der Waals surface area contributed by atoms with Crippen LogP contribution in [-0.2, 0) is 11.2 Å². The Hall–Kier alpha value is -3.55. The lowest BCUT2D eigenvalue weighted by Gasteiger charge is -2.31. The molecule has 0 aliphatic carbocycles. The molecule has 3 aromatic rings. The number of carboxylic acids is 1. The second-order valence-electron chi connectivity index (χ2n) is 5.79. The quantitative estimate of drug-likeness (QED) is 0.746. The van der Waals surface area contributed by atoms with Crippen LogP contribution < -0.4 is 4.74 Å². The van der Waals surface area contributed by atoms with E-state index in [4.69, 9.17) is 9.15 Å². The highest BCUT2D eigenvalue weighted by Gasteiger charge is 2.39. The van der Waals surface area contributed by atoms with Gasteiger partial charge in [0, 0.05) is 24.7 Å². The first-order chi connectivity index (χ1) is 12.6. The van der Waals surface area contributed by atoms with Crippen LogP contribution in [0.25, 0.3) is 0 Å². The molecular weight excluding hydrogens is 338 g/mol. The largest absolute Gasteiger partial charge is 0.479 e. The summed E-state index contributed by atoms with van der Waals surface area (Å²) in [5.41, 5.74) is 1.08. The van der Waals surface area contributed by atoms with Crippen LogP contribution in [0.15, 0.2) is 53.2 Å². The van der Waals surface area contributed by atoms with E-state index < -0.39 is 17.9 Å². The topological polar surface area (TPSA) is 109 Å². The van der Waals surface area contributed by atoms with E-state index in [2.05, 4.69) is 9.97 Å². The number of H-pyrrole nitrogens is 1. The fourth-order valence-electron chi connectivity index (χ4n) is 2.98. The molecule has 2 aromatic heterocycles. The Morgan fingerprint density at radius 1 is 1.23 bits per heavy atom. The lowest BCUT2D eigenvalue weighted by Crippen LogP contribution is -2.43. The summed E-state index contributed by atoms with van der Waals surface area (Å²) in [6, 6.07) is 10.9. The molecule has 0 bridgehead atoms. The number of carbonyl (C=O) groups is 2. The molecule has 1 amide bonds. The van der Waals surface area contributed by atoms with E-state index in [1.165, 1.54) is 23.4 Å². The van der Waals surface area contributed by atoms with Crippen molar-refractivity contribution < 1.29 is 23.8 Å². The smallest absolute Gasteiger partial charge is 0.332 e. The van der Waals surface area contributed by atoms with E-state index >= 15 is 0 Å². The van der Waals surface area contributed by atoms with E-state index in [0.717, 1.165) is 5.69 Å². The lowest BCUT2D eigenvalue weighted by atomic mass is 10.0. The van der Waals surface area contributed by atoms with Crippen LogP contribution in [0.2, 0.25) is 0 Å². The number of aromatic nitrogens is 2. The molecule has 0 fully saturated rings. The zero-order valence-electron chi connectivity index (χ0n) is 13.6. The normalized spacial score (nSPS) is 16.2. The van der Waals surface area contributed by atoms with Gasteiger partial charge in [-0.25, -0.2) is 9.78 Å². The number of nitrogens with zero attached hydrogens (tertiary/aromatic N) is 2. The predicted molar refractivity (Wildman–Crippen MR) is 88.9 cm³/mol. The molecule has 132 valence electrons. The monoisotopic (exact) mass is 353 g/mol. The molecule has 0 radical (unpaired) electrons. The molecular formula is C18H15N3O5. The number of carboxylic acid groups (broad SMARTS) is 1. The number of imidazole rings is 1. The maximum atomic E-state index is 12.8. The van der Waals surface area contributed by atoms with Gasteiger partial charge >= 0.3 is 5.97 Å². The Balaban J connectivity index is 1.57. The van der Waals surface area contributed by atoms with Crippen molar-refractivity contribution in [1.29, 1.82) is 0 Å². The number of carbonyl (C=O) groups excluding carboxylic acids is 1. The van der Waals surface area contributed by atoms with Crippen LogP contribution in [0.4, 0.5) is 0 Å². The second kappa shape index (κ2) is 6.40. The number of fused-ring (bicyclic) bond motifs is 1. The fraction of sp³-hybridized carbons (Fsp3) is 0.167. The molecule has 1 atom stereocenters. The summed E-state index contributed by atoms with van der Waals surface area (Å²) in [6.07, 6.45) is 1.94. The Labute approximate surface area is 148 Å². The SMILES string of the molecule is O=C(O)[C@@H]1c2nc[nH]c2CCN1C(=O)c1ccc(Oc2ccccc2)o1. The fourth-order valence-corrected chi connectivity index (χ4v) is 2.98. The van der Waals surface area contributed by atoms with Crippen molar-refractivity contribution >= 4 is 11.9 Å². The van der Waals surface area contributed by atoms with Crippen molar-refractivity contribution in [2.24, 2.45) is 0 Å². The summed E-state index contributed by atoms with van der Waals surface area (Å²) >= 11 is 0. The third-order valence-electron chi connectivity index (χ3n) is 4.17. The van der Waals surface area contributed by atoms with Gasteiger partial charge < -0.3 is 24.1 Å². The minimum atomic E-state index is -1.15. The van der Waals surface area contributed by atoms with Gasteiger partial charge in [0.05, 0.1) is 12.0 Å². The van der Waals surface area contributed by atoms with Gasteiger partial charge in [-0.2, -0.15) is 0 Å². The molecule has 4 rings (SSSR count). The molecule has 26 heavy (non-hydrogen) atoms. The molecule has 8 nitrogen and oxygen atoms in total. The first kappa shape index (κ1) is 15.9. The highest BCUT2D eigenvalue weighted by Crippen LogP contribution is 2.30. The summed E-state index contributed by atoms with van der Waals surface area (Å²) in [6.45, 7) is 0.251. The van der Waals surface area contributed by atoms with Gasteiger partial charge in [-0.15, -0.1) is 0 Å². The number of nitrogens with one attached hydrogen (secondary N) is 1. The zero-order chi connectivity index (χ0) is 18.1. The van der Waals surface area contributed by atoms with Gasteiger partial charge in [0.15, 0.2) is 11.8 Å². The molecule has 1 aliphatic rings. The molecule has 3 heterocycles. The summed E-state index contributed by atoms with van der Waals surface area (Å²) < 4.78 is 11.0.